The second-order valence-electron chi connectivity index (χ2n) is 5.62. The minimum Gasteiger partial charge on any atom is -0.421 e. The van der Waals surface area contributed by atoms with Crippen LogP contribution < -0.4 is 9.64 Å². The van der Waals surface area contributed by atoms with Gasteiger partial charge >= 0.3 is 5.97 Å². The lowest BCUT2D eigenvalue weighted by Gasteiger charge is -2.16. The highest BCUT2D eigenvalue weighted by Gasteiger charge is 2.22. The summed E-state index contributed by atoms with van der Waals surface area (Å²) in [4.78, 5) is 25.8. The first kappa shape index (κ1) is 17.0. The number of anilines is 1. The number of esters is 1. The summed E-state index contributed by atoms with van der Waals surface area (Å²) in [7, 11) is 0. The van der Waals surface area contributed by atoms with E-state index in [0.29, 0.717) is 22.8 Å². The van der Waals surface area contributed by atoms with Crippen molar-refractivity contribution in [2.45, 2.75) is 19.8 Å². The highest BCUT2D eigenvalue weighted by molar-refractivity contribution is 9.10. The maximum atomic E-state index is 12.3. The number of hydrogen-bond acceptors (Lipinski definition) is 3. The zero-order valence-corrected chi connectivity index (χ0v) is 15.4. The molecule has 0 unspecified atom stereocenters. The molecule has 2 aromatic rings. The van der Waals surface area contributed by atoms with Crippen LogP contribution >= 0.6 is 27.5 Å². The van der Waals surface area contributed by atoms with Gasteiger partial charge in [0, 0.05) is 23.1 Å². The summed E-state index contributed by atoms with van der Waals surface area (Å²) in [5, 5.41) is 0.370. The van der Waals surface area contributed by atoms with Crippen LogP contribution in [0.5, 0.6) is 5.75 Å². The van der Waals surface area contributed by atoms with E-state index in [9.17, 15) is 9.59 Å². The fraction of sp³-hybridized carbons (Fsp3) is 0.222. The first-order valence-electron chi connectivity index (χ1n) is 7.54. The summed E-state index contributed by atoms with van der Waals surface area (Å²) in [6.07, 6.45) is 1.44. The van der Waals surface area contributed by atoms with Gasteiger partial charge in [-0.3, -0.25) is 4.79 Å². The molecule has 1 amide bonds. The van der Waals surface area contributed by atoms with Crippen molar-refractivity contribution in [3.8, 4) is 5.75 Å². The number of benzene rings is 2. The quantitative estimate of drug-likeness (QED) is 0.543. The van der Waals surface area contributed by atoms with E-state index in [0.717, 1.165) is 28.7 Å². The zero-order valence-electron chi connectivity index (χ0n) is 13.0. The first-order chi connectivity index (χ1) is 11.5. The largest absolute Gasteiger partial charge is 0.421 e. The molecular weight excluding hydrogens is 394 g/mol. The Morgan fingerprint density at radius 2 is 1.96 bits per heavy atom. The molecule has 0 atom stereocenters. The predicted octanol–water partition coefficient (Wildman–Crippen LogP) is 4.76. The minimum atomic E-state index is -0.485. The lowest BCUT2D eigenvalue weighted by Crippen LogP contribution is -2.23. The third-order valence-corrected chi connectivity index (χ3v) is 4.62. The average Bonchev–Trinajstić information content (AvgIpc) is 2.97. The molecule has 0 bridgehead atoms. The van der Waals surface area contributed by atoms with Crippen molar-refractivity contribution in [2.75, 3.05) is 11.4 Å². The summed E-state index contributed by atoms with van der Waals surface area (Å²) in [6.45, 7) is 2.54. The molecular formula is C18H15BrClNO3. The molecule has 3 rings (SSSR count). The molecule has 124 valence electrons. The van der Waals surface area contributed by atoms with Gasteiger partial charge in [-0.15, -0.1) is 0 Å². The van der Waals surface area contributed by atoms with Gasteiger partial charge in [0.1, 0.15) is 0 Å². The van der Waals surface area contributed by atoms with E-state index in [4.69, 9.17) is 16.3 Å². The number of aryl methyl sites for hydroxylation is 1. The van der Waals surface area contributed by atoms with Crippen LogP contribution in [0.1, 0.15) is 28.8 Å². The van der Waals surface area contributed by atoms with Gasteiger partial charge in [0.2, 0.25) is 5.91 Å². The molecule has 0 aromatic heterocycles. The standard InChI is InChI=1S/C18H15BrClNO3/c1-11-9-13(19)10-15(20)17(11)24-18(23)12-4-6-14(7-5-12)21-8-2-3-16(21)22/h4-7,9-10H,2-3,8H2,1H3. The Labute approximate surface area is 153 Å². The van der Waals surface area contributed by atoms with Crippen molar-refractivity contribution in [3.05, 3.63) is 57.0 Å². The van der Waals surface area contributed by atoms with Crippen molar-refractivity contribution in [1.82, 2.24) is 0 Å². The molecule has 0 radical (unpaired) electrons. The van der Waals surface area contributed by atoms with Crippen LogP contribution in [0.2, 0.25) is 5.02 Å². The Morgan fingerprint density at radius 1 is 1.25 bits per heavy atom. The number of hydrogen-bond donors (Lipinski definition) is 0. The number of carbonyl (C=O) groups is 2. The fourth-order valence-electron chi connectivity index (χ4n) is 2.67. The molecule has 0 N–H and O–H groups in total. The molecule has 0 aliphatic carbocycles. The lowest BCUT2D eigenvalue weighted by molar-refractivity contribution is -0.117. The van der Waals surface area contributed by atoms with Crippen LogP contribution in [0.15, 0.2) is 40.9 Å². The number of nitrogens with zero attached hydrogens (tertiary/aromatic N) is 1. The normalized spacial score (nSPS) is 14.1. The van der Waals surface area contributed by atoms with Gasteiger partial charge < -0.3 is 9.64 Å². The smallest absolute Gasteiger partial charge is 0.343 e. The van der Waals surface area contributed by atoms with Crippen LogP contribution in [0.4, 0.5) is 5.69 Å². The lowest BCUT2D eigenvalue weighted by atomic mass is 10.2. The Morgan fingerprint density at radius 3 is 2.54 bits per heavy atom. The van der Waals surface area contributed by atoms with Gasteiger partial charge in [-0.05, 0) is 55.3 Å². The summed E-state index contributed by atoms with van der Waals surface area (Å²) in [5.41, 5.74) is 1.97. The highest BCUT2D eigenvalue weighted by atomic mass is 79.9. The maximum absolute atomic E-state index is 12.3. The van der Waals surface area contributed by atoms with Gasteiger partial charge in [0.05, 0.1) is 10.6 Å². The first-order valence-corrected chi connectivity index (χ1v) is 8.71. The van der Waals surface area contributed by atoms with Gasteiger partial charge in [-0.1, -0.05) is 27.5 Å². The zero-order chi connectivity index (χ0) is 17.3. The molecule has 0 spiro atoms. The Kier molecular flexibility index (Phi) is 4.92. The van der Waals surface area contributed by atoms with Crippen LogP contribution in [0.25, 0.3) is 0 Å². The number of amides is 1. The van der Waals surface area contributed by atoms with Crippen LogP contribution in [0.3, 0.4) is 0 Å². The second-order valence-corrected chi connectivity index (χ2v) is 6.94. The SMILES string of the molecule is Cc1cc(Br)cc(Cl)c1OC(=O)c1ccc(N2CCCC2=O)cc1. The van der Waals surface area contributed by atoms with E-state index in [-0.39, 0.29) is 5.91 Å². The van der Waals surface area contributed by atoms with Crippen LogP contribution in [-0.2, 0) is 4.79 Å². The number of rotatable bonds is 3. The van der Waals surface area contributed by atoms with Gasteiger partial charge in [0.25, 0.3) is 0 Å². The average molecular weight is 409 g/mol. The summed E-state index contributed by atoms with van der Waals surface area (Å²) < 4.78 is 6.25. The Hall–Kier alpha value is -1.85. The summed E-state index contributed by atoms with van der Waals surface area (Å²) in [5.74, 6) is -0.0205. The molecule has 1 aliphatic heterocycles. The molecule has 6 heteroatoms. The van der Waals surface area contributed by atoms with E-state index in [1.807, 2.05) is 13.0 Å². The summed E-state index contributed by atoms with van der Waals surface area (Å²) >= 11 is 9.49. The van der Waals surface area contributed by atoms with Crippen molar-refractivity contribution in [1.29, 1.82) is 0 Å². The van der Waals surface area contributed by atoms with E-state index < -0.39 is 5.97 Å². The highest BCUT2D eigenvalue weighted by Crippen LogP contribution is 2.32. The maximum Gasteiger partial charge on any atom is 0.343 e. The minimum absolute atomic E-state index is 0.114. The molecule has 1 aliphatic rings. The van der Waals surface area contributed by atoms with Crippen molar-refractivity contribution in [3.63, 3.8) is 0 Å². The molecule has 0 saturated carbocycles. The predicted molar refractivity (Wildman–Crippen MR) is 96.9 cm³/mol. The van der Waals surface area contributed by atoms with Crippen LogP contribution in [-0.4, -0.2) is 18.4 Å². The van der Waals surface area contributed by atoms with Gasteiger partial charge in [-0.2, -0.15) is 0 Å². The molecule has 1 saturated heterocycles. The topological polar surface area (TPSA) is 46.6 Å². The van der Waals surface area contributed by atoms with Gasteiger partial charge in [-0.25, -0.2) is 4.79 Å². The molecule has 1 heterocycles. The van der Waals surface area contributed by atoms with Crippen LogP contribution in [0, 0.1) is 6.92 Å². The third-order valence-electron chi connectivity index (χ3n) is 3.88. The summed E-state index contributed by atoms with van der Waals surface area (Å²) in [6, 6.07) is 10.3. The Balaban J connectivity index is 1.77. The number of halogens is 2. The van der Waals surface area contributed by atoms with E-state index in [1.165, 1.54) is 0 Å². The monoisotopic (exact) mass is 407 g/mol. The third kappa shape index (κ3) is 3.47. The molecule has 24 heavy (non-hydrogen) atoms. The molecule has 2 aromatic carbocycles. The van der Waals surface area contributed by atoms with Crippen molar-refractivity contribution in [2.24, 2.45) is 0 Å². The number of carbonyl (C=O) groups excluding carboxylic acids is 2. The van der Waals surface area contributed by atoms with E-state index in [1.54, 1.807) is 35.2 Å². The number of ether oxygens (including phenoxy) is 1. The van der Waals surface area contributed by atoms with Crippen molar-refractivity contribution >= 4 is 45.1 Å². The van der Waals surface area contributed by atoms with E-state index in [2.05, 4.69) is 15.9 Å². The molecule has 1 fully saturated rings. The second kappa shape index (κ2) is 6.95. The van der Waals surface area contributed by atoms with E-state index >= 15 is 0 Å². The Bertz CT molecular complexity index is 781. The van der Waals surface area contributed by atoms with Gasteiger partial charge in [0.15, 0.2) is 5.75 Å². The molecule has 4 nitrogen and oxygen atoms in total. The fourth-order valence-corrected chi connectivity index (χ4v) is 3.68. The van der Waals surface area contributed by atoms with Crippen molar-refractivity contribution < 1.29 is 14.3 Å².